The molecule has 0 bridgehead atoms. The van der Waals surface area contributed by atoms with Crippen LogP contribution in [0.3, 0.4) is 0 Å². The predicted octanol–water partition coefficient (Wildman–Crippen LogP) is 0.804. The molecule has 0 aliphatic heterocycles. The van der Waals surface area contributed by atoms with Crippen LogP contribution in [0.4, 0.5) is 0 Å². The van der Waals surface area contributed by atoms with Gasteiger partial charge in [0.15, 0.2) is 0 Å². The third-order valence-electron chi connectivity index (χ3n) is 0.706. The Morgan fingerprint density at radius 1 is 1.88 bits per heavy atom. The Morgan fingerprint density at radius 3 is 2.88 bits per heavy atom. The van der Waals surface area contributed by atoms with Crippen LogP contribution >= 0.6 is 0 Å². The highest BCUT2D eigenvalue weighted by molar-refractivity contribution is 5.13. The third kappa shape index (κ3) is 3.45. The first-order chi connectivity index (χ1) is 3.81. The van der Waals surface area contributed by atoms with E-state index >= 15 is 0 Å². The van der Waals surface area contributed by atoms with Crippen LogP contribution in [-0.2, 0) is 0 Å². The number of allylic oxidation sites excluding steroid dienone is 1. The summed E-state index contributed by atoms with van der Waals surface area (Å²) < 4.78 is 0. The van der Waals surface area contributed by atoms with Crippen LogP contribution in [0, 0.1) is 17.8 Å². The SMILES string of the molecule is C=CC#CC(C)CO. The average Bonchev–Trinajstić information content (AvgIpc) is 1.83. The number of aliphatic hydroxyl groups excluding tert-OH is 1. The smallest absolute Gasteiger partial charge is 0.0566 e. The van der Waals surface area contributed by atoms with Crippen LogP contribution in [0.15, 0.2) is 12.7 Å². The molecule has 44 valence electrons. The normalized spacial score (nSPS) is 11.2. The molecule has 0 aromatic rings. The first-order valence-electron chi connectivity index (χ1n) is 2.54. The maximum Gasteiger partial charge on any atom is 0.0566 e. The van der Waals surface area contributed by atoms with E-state index in [0.717, 1.165) is 0 Å². The summed E-state index contributed by atoms with van der Waals surface area (Å²) in [7, 11) is 0. The van der Waals surface area contributed by atoms with Gasteiger partial charge >= 0.3 is 0 Å². The lowest BCUT2D eigenvalue weighted by atomic mass is 10.2. The van der Waals surface area contributed by atoms with Crippen molar-refractivity contribution in [2.45, 2.75) is 6.92 Å². The maximum absolute atomic E-state index is 8.42. The second-order valence-corrected chi connectivity index (χ2v) is 1.58. The van der Waals surface area contributed by atoms with Crippen molar-refractivity contribution in [1.29, 1.82) is 0 Å². The van der Waals surface area contributed by atoms with E-state index in [0.29, 0.717) is 0 Å². The van der Waals surface area contributed by atoms with E-state index in [9.17, 15) is 0 Å². The summed E-state index contributed by atoms with van der Waals surface area (Å²) in [6.07, 6.45) is 1.52. The van der Waals surface area contributed by atoms with Gasteiger partial charge in [0.05, 0.1) is 6.61 Å². The minimum Gasteiger partial charge on any atom is -0.395 e. The van der Waals surface area contributed by atoms with Gasteiger partial charge in [0.25, 0.3) is 0 Å². The lowest BCUT2D eigenvalue weighted by molar-refractivity contribution is 0.266. The highest BCUT2D eigenvalue weighted by Gasteiger charge is 1.87. The topological polar surface area (TPSA) is 20.2 Å². The monoisotopic (exact) mass is 110 g/mol. The standard InChI is InChI=1S/C7H10O/c1-3-4-5-7(2)6-8/h3,7-8H,1,6H2,2H3. The van der Waals surface area contributed by atoms with Gasteiger partial charge in [-0.25, -0.2) is 0 Å². The Kier molecular flexibility index (Phi) is 4.01. The molecule has 0 aromatic heterocycles. The summed E-state index contributed by atoms with van der Waals surface area (Å²) in [4.78, 5) is 0. The molecule has 0 rings (SSSR count). The zero-order valence-electron chi connectivity index (χ0n) is 5.02. The quantitative estimate of drug-likeness (QED) is 0.495. The fraction of sp³-hybridized carbons (Fsp3) is 0.429. The van der Waals surface area contributed by atoms with Crippen molar-refractivity contribution in [1.82, 2.24) is 0 Å². The largest absolute Gasteiger partial charge is 0.395 e. The predicted molar refractivity (Wildman–Crippen MR) is 34.2 cm³/mol. The first kappa shape index (κ1) is 7.26. The molecule has 0 amide bonds. The van der Waals surface area contributed by atoms with Crippen LogP contribution in [0.1, 0.15) is 6.92 Å². The Bertz CT molecular complexity index is 116. The minimum atomic E-state index is 0.0769. The van der Waals surface area contributed by atoms with Crippen molar-refractivity contribution in [2.75, 3.05) is 6.61 Å². The van der Waals surface area contributed by atoms with Gasteiger partial charge in [-0.1, -0.05) is 18.4 Å². The summed E-state index contributed by atoms with van der Waals surface area (Å²) in [6.45, 7) is 5.40. The summed E-state index contributed by atoms with van der Waals surface area (Å²) >= 11 is 0. The second-order valence-electron chi connectivity index (χ2n) is 1.58. The van der Waals surface area contributed by atoms with Crippen LogP contribution in [0.5, 0.6) is 0 Å². The highest BCUT2D eigenvalue weighted by atomic mass is 16.3. The molecule has 0 saturated carbocycles. The van der Waals surface area contributed by atoms with Crippen LogP contribution in [0.2, 0.25) is 0 Å². The van der Waals surface area contributed by atoms with Gasteiger partial charge in [0, 0.05) is 5.92 Å². The lowest BCUT2D eigenvalue weighted by Crippen LogP contribution is -1.94. The Balaban J connectivity index is 3.50. The molecule has 1 unspecified atom stereocenters. The number of hydrogen-bond donors (Lipinski definition) is 1. The molecule has 0 spiro atoms. The van der Waals surface area contributed by atoms with E-state index in [1.165, 1.54) is 6.08 Å². The third-order valence-corrected chi connectivity index (χ3v) is 0.706. The molecule has 1 N–H and O–H groups in total. The van der Waals surface area contributed by atoms with Crippen LogP contribution in [-0.4, -0.2) is 11.7 Å². The van der Waals surface area contributed by atoms with E-state index in [2.05, 4.69) is 18.4 Å². The summed E-state index contributed by atoms with van der Waals surface area (Å²) in [5, 5.41) is 8.42. The molecule has 0 aliphatic rings. The Labute approximate surface area is 50.0 Å². The molecular weight excluding hydrogens is 100 g/mol. The van der Waals surface area contributed by atoms with Crippen molar-refractivity contribution in [3.05, 3.63) is 12.7 Å². The summed E-state index contributed by atoms with van der Waals surface area (Å²) in [6, 6.07) is 0. The molecule has 8 heavy (non-hydrogen) atoms. The lowest BCUT2D eigenvalue weighted by Gasteiger charge is -1.91. The number of hydrogen-bond acceptors (Lipinski definition) is 1. The Morgan fingerprint density at radius 2 is 2.50 bits per heavy atom. The highest BCUT2D eigenvalue weighted by Crippen LogP contribution is 1.86. The van der Waals surface area contributed by atoms with E-state index in [1.807, 2.05) is 6.92 Å². The first-order valence-corrected chi connectivity index (χ1v) is 2.54. The fourth-order valence-electron chi connectivity index (χ4n) is 0.247. The molecule has 0 aromatic carbocycles. The van der Waals surface area contributed by atoms with Crippen molar-refractivity contribution in [2.24, 2.45) is 5.92 Å². The van der Waals surface area contributed by atoms with Crippen LogP contribution < -0.4 is 0 Å². The van der Waals surface area contributed by atoms with Gasteiger partial charge in [-0.05, 0) is 13.0 Å². The van der Waals surface area contributed by atoms with E-state index in [1.54, 1.807) is 0 Å². The summed E-state index contributed by atoms with van der Waals surface area (Å²) in [5.74, 6) is 5.49. The Hall–Kier alpha value is -0.740. The molecule has 0 saturated heterocycles. The van der Waals surface area contributed by atoms with E-state index in [4.69, 9.17) is 5.11 Å². The minimum absolute atomic E-state index is 0.0769. The van der Waals surface area contributed by atoms with Gasteiger partial charge in [0.2, 0.25) is 0 Å². The number of rotatable bonds is 1. The van der Waals surface area contributed by atoms with Crippen molar-refractivity contribution >= 4 is 0 Å². The van der Waals surface area contributed by atoms with Gasteiger partial charge in [0.1, 0.15) is 0 Å². The molecule has 0 radical (unpaired) electrons. The van der Waals surface area contributed by atoms with Crippen LogP contribution in [0.25, 0.3) is 0 Å². The van der Waals surface area contributed by atoms with Gasteiger partial charge in [-0.3, -0.25) is 0 Å². The average molecular weight is 110 g/mol. The van der Waals surface area contributed by atoms with E-state index in [-0.39, 0.29) is 12.5 Å². The molecule has 1 atom stereocenters. The zero-order chi connectivity index (χ0) is 6.41. The zero-order valence-corrected chi connectivity index (χ0v) is 5.02. The van der Waals surface area contributed by atoms with Crippen molar-refractivity contribution in [3.63, 3.8) is 0 Å². The molecule has 0 aliphatic carbocycles. The van der Waals surface area contributed by atoms with E-state index < -0.39 is 0 Å². The second kappa shape index (κ2) is 4.42. The van der Waals surface area contributed by atoms with Gasteiger partial charge in [-0.2, -0.15) is 0 Å². The van der Waals surface area contributed by atoms with Crippen molar-refractivity contribution < 1.29 is 5.11 Å². The molecular formula is C7H10O. The van der Waals surface area contributed by atoms with Gasteiger partial charge in [-0.15, -0.1) is 0 Å². The summed E-state index contributed by atoms with van der Waals surface area (Å²) in [5.41, 5.74) is 0. The fourth-order valence-corrected chi connectivity index (χ4v) is 0.247. The van der Waals surface area contributed by atoms with Crippen molar-refractivity contribution in [3.8, 4) is 11.8 Å². The maximum atomic E-state index is 8.42. The molecule has 0 heterocycles. The van der Waals surface area contributed by atoms with Gasteiger partial charge < -0.3 is 5.11 Å². The molecule has 0 fully saturated rings. The molecule has 1 heteroatoms. The molecule has 1 nitrogen and oxygen atoms in total. The number of aliphatic hydroxyl groups is 1.